The quantitative estimate of drug-likeness (QED) is 0.636. The Balaban J connectivity index is 1.59. The normalized spacial score (nSPS) is 17.7. The Kier molecular flexibility index (Phi) is 4.57. The van der Waals surface area contributed by atoms with Crippen molar-refractivity contribution in [3.05, 3.63) is 50.8 Å². The van der Waals surface area contributed by atoms with Crippen LogP contribution in [0, 0.1) is 6.92 Å². The molecule has 5 rings (SSSR count). The number of aromatic nitrogens is 2. The van der Waals surface area contributed by atoms with Gasteiger partial charge >= 0.3 is 0 Å². The minimum Gasteiger partial charge on any atom is -0.467 e. The van der Waals surface area contributed by atoms with Crippen LogP contribution in [0.15, 0.2) is 27.6 Å². The lowest BCUT2D eigenvalue weighted by atomic mass is 10.1. The summed E-state index contributed by atoms with van der Waals surface area (Å²) >= 11 is 1.37. The van der Waals surface area contributed by atoms with E-state index in [4.69, 9.17) is 9.40 Å². The fraction of sp³-hybridized carbons (Fsp3) is 0.500. The van der Waals surface area contributed by atoms with E-state index in [9.17, 15) is 9.59 Å². The van der Waals surface area contributed by atoms with Crippen molar-refractivity contribution < 1.29 is 9.21 Å². The lowest BCUT2D eigenvalue weighted by Crippen LogP contribution is -2.35. The maximum absolute atomic E-state index is 13.6. The molecule has 1 unspecified atom stereocenters. The molecule has 6 nitrogen and oxygen atoms in total. The molecule has 2 aliphatic rings. The van der Waals surface area contributed by atoms with Crippen molar-refractivity contribution in [2.75, 3.05) is 0 Å². The zero-order valence-corrected chi connectivity index (χ0v) is 17.6. The summed E-state index contributed by atoms with van der Waals surface area (Å²) in [5, 5.41) is 0.616. The van der Waals surface area contributed by atoms with Crippen molar-refractivity contribution in [2.24, 2.45) is 0 Å². The van der Waals surface area contributed by atoms with Crippen LogP contribution in [-0.2, 0) is 13.0 Å². The number of hydrogen-bond donors (Lipinski definition) is 0. The van der Waals surface area contributed by atoms with Gasteiger partial charge in [0.2, 0.25) is 0 Å². The highest BCUT2D eigenvalue weighted by Crippen LogP contribution is 2.38. The summed E-state index contributed by atoms with van der Waals surface area (Å²) in [7, 11) is 0. The molecule has 7 heteroatoms. The Labute approximate surface area is 173 Å². The number of furan rings is 1. The minimum absolute atomic E-state index is 0.0109. The first-order valence-electron chi connectivity index (χ1n) is 10.4. The highest BCUT2D eigenvalue weighted by atomic mass is 32.1. The SMILES string of the molecule is Cc1c(C(=O)N(C2CC2)C(C)c2ccco2)sc2nc3n(c(=O)c12)CCCCC3. The third-order valence-corrected chi connectivity index (χ3v) is 7.33. The summed E-state index contributed by atoms with van der Waals surface area (Å²) in [5.41, 5.74) is 0.779. The summed E-state index contributed by atoms with van der Waals surface area (Å²) in [6, 6.07) is 3.86. The molecule has 1 fully saturated rings. The fourth-order valence-electron chi connectivity index (χ4n) is 4.41. The van der Waals surface area contributed by atoms with E-state index in [0.29, 0.717) is 15.1 Å². The first-order valence-corrected chi connectivity index (χ1v) is 11.3. The molecule has 1 amide bonds. The molecule has 1 saturated carbocycles. The zero-order valence-electron chi connectivity index (χ0n) is 16.8. The molecular weight excluding hydrogens is 386 g/mol. The largest absolute Gasteiger partial charge is 0.467 e. The van der Waals surface area contributed by atoms with E-state index in [-0.39, 0.29) is 23.6 Å². The van der Waals surface area contributed by atoms with Gasteiger partial charge in [0, 0.05) is 19.0 Å². The Morgan fingerprint density at radius 1 is 1.34 bits per heavy atom. The average molecular weight is 412 g/mol. The first kappa shape index (κ1) is 18.6. The molecule has 0 aromatic carbocycles. The number of aryl methyl sites for hydroxylation is 2. The lowest BCUT2D eigenvalue weighted by molar-refractivity contribution is 0.0657. The van der Waals surface area contributed by atoms with Crippen LogP contribution in [0.2, 0.25) is 0 Å². The minimum atomic E-state index is -0.139. The second kappa shape index (κ2) is 7.13. The summed E-state index contributed by atoms with van der Waals surface area (Å²) in [4.78, 5) is 34.9. The summed E-state index contributed by atoms with van der Waals surface area (Å²) in [5.74, 6) is 1.63. The molecule has 0 saturated heterocycles. The molecule has 0 bridgehead atoms. The average Bonchev–Trinajstić information content (AvgIpc) is 3.34. The maximum atomic E-state index is 13.6. The van der Waals surface area contributed by atoms with Crippen LogP contribution in [0.25, 0.3) is 10.2 Å². The van der Waals surface area contributed by atoms with E-state index in [1.807, 2.05) is 35.4 Å². The molecule has 29 heavy (non-hydrogen) atoms. The summed E-state index contributed by atoms with van der Waals surface area (Å²) in [6.07, 6.45) is 7.68. The van der Waals surface area contributed by atoms with Crippen LogP contribution in [0.1, 0.15) is 71.9 Å². The fourth-order valence-corrected chi connectivity index (χ4v) is 5.54. The molecule has 0 N–H and O–H groups in total. The molecule has 3 aromatic rings. The number of fused-ring (bicyclic) bond motifs is 2. The van der Waals surface area contributed by atoms with Crippen molar-refractivity contribution in [1.82, 2.24) is 14.5 Å². The van der Waals surface area contributed by atoms with E-state index < -0.39 is 0 Å². The van der Waals surface area contributed by atoms with Crippen molar-refractivity contribution in [1.29, 1.82) is 0 Å². The second-order valence-corrected chi connectivity index (χ2v) is 9.17. The first-order chi connectivity index (χ1) is 14.1. The standard InChI is InChI=1S/C22H25N3O3S/c1-13-18-20(23-17-8-4-3-5-11-24(17)21(18)26)29-19(13)22(27)25(15-9-10-15)14(2)16-7-6-12-28-16/h6-7,12,14-15H,3-5,8-11H2,1-2H3. The molecule has 0 spiro atoms. The van der Waals surface area contributed by atoms with Crippen molar-refractivity contribution in [3.8, 4) is 0 Å². The predicted octanol–water partition coefficient (Wildman–Crippen LogP) is 4.45. The molecular formula is C22H25N3O3S. The van der Waals surface area contributed by atoms with Gasteiger partial charge in [0.15, 0.2) is 0 Å². The van der Waals surface area contributed by atoms with E-state index >= 15 is 0 Å². The predicted molar refractivity (Wildman–Crippen MR) is 112 cm³/mol. The van der Waals surface area contributed by atoms with Crippen LogP contribution in [-0.4, -0.2) is 26.4 Å². The topological polar surface area (TPSA) is 68.3 Å². The Bertz CT molecular complexity index is 1120. The van der Waals surface area contributed by atoms with Crippen molar-refractivity contribution >= 4 is 27.5 Å². The van der Waals surface area contributed by atoms with Crippen LogP contribution < -0.4 is 5.56 Å². The number of carbonyl (C=O) groups is 1. The van der Waals surface area contributed by atoms with E-state index in [2.05, 4.69) is 0 Å². The Morgan fingerprint density at radius 2 is 2.17 bits per heavy atom. The highest BCUT2D eigenvalue weighted by Gasteiger charge is 2.39. The lowest BCUT2D eigenvalue weighted by Gasteiger charge is -2.27. The molecule has 0 radical (unpaired) electrons. The van der Waals surface area contributed by atoms with Gasteiger partial charge in [0.1, 0.15) is 16.4 Å². The van der Waals surface area contributed by atoms with Crippen molar-refractivity contribution in [2.45, 2.75) is 71.0 Å². The van der Waals surface area contributed by atoms with Gasteiger partial charge in [-0.25, -0.2) is 4.98 Å². The maximum Gasteiger partial charge on any atom is 0.265 e. The Hall–Kier alpha value is -2.41. The highest BCUT2D eigenvalue weighted by molar-refractivity contribution is 7.20. The molecule has 1 atom stereocenters. The van der Waals surface area contributed by atoms with Crippen LogP contribution in [0.5, 0.6) is 0 Å². The van der Waals surface area contributed by atoms with Crippen LogP contribution >= 0.6 is 11.3 Å². The molecule has 3 aromatic heterocycles. The van der Waals surface area contributed by atoms with E-state index in [1.54, 1.807) is 6.26 Å². The third-order valence-electron chi connectivity index (χ3n) is 6.15. The van der Waals surface area contributed by atoms with Gasteiger partial charge in [-0.15, -0.1) is 11.3 Å². The smallest absolute Gasteiger partial charge is 0.265 e. The van der Waals surface area contributed by atoms with Gasteiger partial charge in [0.05, 0.1) is 22.6 Å². The molecule has 152 valence electrons. The number of thiophene rings is 1. The number of hydrogen-bond acceptors (Lipinski definition) is 5. The number of carbonyl (C=O) groups excluding carboxylic acids is 1. The van der Waals surface area contributed by atoms with Gasteiger partial charge < -0.3 is 9.32 Å². The summed E-state index contributed by atoms with van der Waals surface area (Å²) in [6.45, 7) is 4.62. The monoisotopic (exact) mass is 411 g/mol. The third kappa shape index (κ3) is 3.12. The molecule has 1 aliphatic heterocycles. The zero-order chi connectivity index (χ0) is 20.1. The van der Waals surface area contributed by atoms with Gasteiger partial charge in [-0.05, 0) is 57.2 Å². The van der Waals surface area contributed by atoms with Gasteiger partial charge in [-0.1, -0.05) is 6.42 Å². The van der Waals surface area contributed by atoms with Crippen molar-refractivity contribution in [3.63, 3.8) is 0 Å². The molecule has 4 heterocycles. The number of rotatable bonds is 4. The second-order valence-electron chi connectivity index (χ2n) is 8.17. The Morgan fingerprint density at radius 3 is 2.90 bits per heavy atom. The molecule has 1 aliphatic carbocycles. The summed E-state index contributed by atoms with van der Waals surface area (Å²) < 4.78 is 7.40. The van der Waals surface area contributed by atoms with E-state index in [0.717, 1.165) is 62.2 Å². The van der Waals surface area contributed by atoms with Crippen LogP contribution in [0.4, 0.5) is 0 Å². The van der Waals surface area contributed by atoms with Gasteiger partial charge in [0.25, 0.3) is 11.5 Å². The number of amides is 1. The number of nitrogens with zero attached hydrogens (tertiary/aromatic N) is 3. The van der Waals surface area contributed by atoms with Crippen LogP contribution in [0.3, 0.4) is 0 Å². The van der Waals surface area contributed by atoms with E-state index in [1.165, 1.54) is 11.3 Å². The van der Waals surface area contributed by atoms with Gasteiger partial charge in [-0.3, -0.25) is 14.2 Å². The van der Waals surface area contributed by atoms with Gasteiger partial charge in [-0.2, -0.15) is 0 Å².